The van der Waals surface area contributed by atoms with Gasteiger partial charge >= 0.3 is 0 Å². The van der Waals surface area contributed by atoms with E-state index < -0.39 is 0 Å². The minimum atomic E-state index is 0.528. The van der Waals surface area contributed by atoms with Crippen LogP contribution in [0, 0.1) is 6.92 Å². The Balaban J connectivity index is 1.84. The lowest BCUT2D eigenvalue weighted by Crippen LogP contribution is -2.11. The number of hydrogen-bond acceptors (Lipinski definition) is 4. The number of anilines is 2. The zero-order valence-electron chi connectivity index (χ0n) is 9.22. The molecule has 0 aliphatic rings. The predicted molar refractivity (Wildman–Crippen MR) is 64.1 cm³/mol. The van der Waals surface area contributed by atoms with Crippen LogP contribution in [0.2, 0.25) is 0 Å². The topological polar surface area (TPSA) is 68.8 Å². The Labute approximate surface area is 94.3 Å². The van der Waals surface area contributed by atoms with Gasteiger partial charge in [-0.25, -0.2) is 4.98 Å². The van der Waals surface area contributed by atoms with Crippen molar-refractivity contribution in [1.82, 2.24) is 14.8 Å². The third kappa shape index (κ3) is 2.73. The van der Waals surface area contributed by atoms with E-state index in [0.29, 0.717) is 5.82 Å². The third-order valence-corrected chi connectivity index (χ3v) is 2.21. The number of hydrogen-bond donors (Lipinski definition) is 2. The van der Waals surface area contributed by atoms with Gasteiger partial charge in [0.15, 0.2) is 0 Å². The first-order chi connectivity index (χ1) is 7.74. The van der Waals surface area contributed by atoms with Gasteiger partial charge in [-0.15, -0.1) is 0 Å². The zero-order valence-corrected chi connectivity index (χ0v) is 9.22. The average molecular weight is 217 g/mol. The Hall–Kier alpha value is -2.04. The summed E-state index contributed by atoms with van der Waals surface area (Å²) in [7, 11) is 0. The summed E-state index contributed by atoms with van der Waals surface area (Å²) in [6.45, 7) is 3.67. The Kier molecular flexibility index (Phi) is 3.05. The summed E-state index contributed by atoms with van der Waals surface area (Å²) in [5.74, 6) is 0.528. The highest BCUT2D eigenvalue weighted by molar-refractivity contribution is 5.49. The molecule has 0 aliphatic heterocycles. The van der Waals surface area contributed by atoms with E-state index in [9.17, 15) is 0 Å². The fourth-order valence-corrected chi connectivity index (χ4v) is 1.46. The maximum absolute atomic E-state index is 5.58. The first-order valence-electron chi connectivity index (χ1n) is 5.18. The van der Waals surface area contributed by atoms with Crippen molar-refractivity contribution in [3.05, 3.63) is 36.3 Å². The van der Waals surface area contributed by atoms with Crippen molar-refractivity contribution in [2.75, 3.05) is 17.6 Å². The Bertz CT molecular complexity index is 463. The van der Waals surface area contributed by atoms with Crippen LogP contribution in [0.4, 0.5) is 11.5 Å². The van der Waals surface area contributed by atoms with Gasteiger partial charge in [0.2, 0.25) is 0 Å². The predicted octanol–water partition coefficient (Wildman–Crippen LogP) is 1.28. The van der Waals surface area contributed by atoms with Crippen LogP contribution in [0.5, 0.6) is 0 Å². The van der Waals surface area contributed by atoms with Crippen LogP contribution in [-0.2, 0) is 6.54 Å². The first-order valence-corrected chi connectivity index (χ1v) is 5.18. The van der Waals surface area contributed by atoms with Crippen LogP contribution < -0.4 is 11.1 Å². The average Bonchev–Trinajstić information content (AvgIpc) is 2.64. The summed E-state index contributed by atoms with van der Waals surface area (Å²) < 4.78 is 1.91. The van der Waals surface area contributed by atoms with Crippen molar-refractivity contribution < 1.29 is 0 Å². The van der Waals surface area contributed by atoms with E-state index in [0.717, 1.165) is 18.8 Å². The number of pyridine rings is 1. The smallest absolute Gasteiger partial charge is 0.125 e. The minimum Gasteiger partial charge on any atom is -0.384 e. The third-order valence-electron chi connectivity index (χ3n) is 2.21. The number of rotatable bonds is 4. The standard InChI is InChI=1S/C11H15N5/c1-9-7-15-16(8-9)5-4-13-10-2-3-14-11(12)6-10/h2-3,6-8H,4-5H2,1H3,(H3,12,13,14). The number of nitrogens with two attached hydrogens (primary N) is 1. The molecule has 0 atom stereocenters. The molecule has 84 valence electrons. The highest BCUT2D eigenvalue weighted by Gasteiger charge is 1.95. The van der Waals surface area contributed by atoms with Gasteiger partial charge in [-0.05, 0) is 18.6 Å². The molecule has 0 saturated heterocycles. The van der Waals surface area contributed by atoms with Crippen molar-refractivity contribution in [3.8, 4) is 0 Å². The zero-order chi connectivity index (χ0) is 11.4. The lowest BCUT2D eigenvalue weighted by atomic mass is 10.4. The second-order valence-electron chi connectivity index (χ2n) is 3.68. The summed E-state index contributed by atoms with van der Waals surface area (Å²) in [4.78, 5) is 3.93. The highest BCUT2D eigenvalue weighted by atomic mass is 15.3. The lowest BCUT2D eigenvalue weighted by molar-refractivity contribution is 0.637. The van der Waals surface area contributed by atoms with Crippen LogP contribution in [0.3, 0.4) is 0 Å². The minimum absolute atomic E-state index is 0.528. The number of nitrogens with one attached hydrogen (secondary N) is 1. The molecule has 0 bridgehead atoms. The van der Waals surface area contributed by atoms with Gasteiger partial charge in [-0.2, -0.15) is 5.10 Å². The maximum Gasteiger partial charge on any atom is 0.125 e. The van der Waals surface area contributed by atoms with Gasteiger partial charge in [-0.3, -0.25) is 4.68 Å². The first kappa shape index (κ1) is 10.5. The quantitative estimate of drug-likeness (QED) is 0.809. The second kappa shape index (κ2) is 4.65. The van der Waals surface area contributed by atoms with E-state index in [4.69, 9.17) is 5.73 Å². The second-order valence-corrected chi connectivity index (χ2v) is 3.68. The fraction of sp³-hybridized carbons (Fsp3) is 0.273. The molecule has 0 aromatic carbocycles. The van der Waals surface area contributed by atoms with Gasteiger partial charge in [0.05, 0.1) is 12.7 Å². The van der Waals surface area contributed by atoms with Gasteiger partial charge < -0.3 is 11.1 Å². The number of nitrogen functional groups attached to an aromatic ring is 1. The van der Waals surface area contributed by atoms with Crippen LogP contribution in [0.15, 0.2) is 30.7 Å². The molecule has 0 saturated carbocycles. The number of nitrogens with zero attached hydrogens (tertiary/aromatic N) is 3. The van der Waals surface area contributed by atoms with E-state index in [-0.39, 0.29) is 0 Å². The molecule has 3 N–H and O–H groups in total. The van der Waals surface area contributed by atoms with E-state index in [1.54, 1.807) is 6.20 Å². The number of aromatic nitrogens is 3. The molecule has 2 heterocycles. The molecule has 0 unspecified atom stereocenters. The molecule has 2 rings (SSSR count). The van der Waals surface area contributed by atoms with Crippen molar-refractivity contribution >= 4 is 11.5 Å². The monoisotopic (exact) mass is 217 g/mol. The summed E-state index contributed by atoms with van der Waals surface area (Å²) in [6.07, 6.45) is 5.56. The molecule has 0 spiro atoms. The largest absolute Gasteiger partial charge is 0.384 e. The van der Waals surface area contributed by atoms with E-state index in [2.05, 4.69) is 15.4 Å². The molecule has 2 aromatic heterocycles. The van der Waals surface area contributed by atoms with Gasteiger partial charge in [0, 0.05) is 30.7 Å². The van der Waals surface area contributed by atoms with Crippen molar-refractivity contribution in [1.29, 1.82) is 0 Å². The molecule has 5 heteroatoms. The van der Waals surface area contributed by atoms with E-state index in [1.165, 1.54) is 5.56 Å². The Morgan fingerprint density at radius 3 is 3.06 bits per heavy atom. The van der Waals surface area contributed by atoms with E-state index in [1.807, 2.05) is 36.1 Å². The normalized spacial score (nSPS) is 10.3. The van der Waals surface area contributed by atoms with Crippen molar-refractivity contribution in [3.63, 3.8) is 0 Å². The SMILES string of the molecule is Cc1cnn(CCNc2ccnc(N)c2)c1. The van der Waals surface area contributed by atoms with Gasteiger partial charge in [0.1, 0.15) is 5.82 Å². The highest BCUT2D eigenvalue weighted by Crippen LogP contribution is 2.08. The van der Waals surface area contributed by atoms with E-state index >= 15 is 0 Å². The Morgan fingerprint density at radius 1 is 1.50 bits per heavy atom. The van der Waals surface area contributed by atoms with Gasteiger partial charge in [-0.1, -0.05) is 0 Å². The van der Waals surface area contributed by atoms with Crippen molar-refractivity contribution in [2.24, 2.45) is 0 Å². The molecule has 0 radical (unpaired) electrons. The molecule has 0 amide bonds. The summed E-state index contributed by atoms with van der Waals surface area (Å²) in [5, 5.41) is 7.47. The van der Waals surface area contributed by atoms with Crippen LogP contribution in [-0.4, -0.2) is 21.3 Å². The van der Waals surface area contributed by atoms with Crippen LogP contribution in [0.1, 0.15) is 5.56 Å². The molecular formula is C11H15N5. The van der Waals surface area contributed by atoms with Crippen molar-refractivity contribution in [2.45, 2.75) is 13.5 Å². The maximum atomic E-state index is 5.58. The van der Waals surface area contributed by atoms with Crippen LogP contribution >= 0.6 is 0 Å². The fourth-order valence-electron chi connectivity index (χ4n) is 1.46. The lowest BCUT2D eigenvalue weighted by Gasteiger charge is -2.06. The Morgan fingerprint density at radius 2 is 2.38 bits per heavy atom. The number of aryl methyl sites for hydroxylation is 1. The molecule has 0 fully saturated rings. The molecule has 0 aliphatic carbocycles. The summed E-state index contributed by atoms with van der Waals surface area (Å²) >= 11 is 0. The molecular weight excluding hydrogens is 202 g/mol. The van der Waals surface area contributed by atoms with Gasteiger partial charge in [0.25, 0.3) is 0 Å². The molecule has 2 aromatic rings. The summed E-state index contributed by atoms with van der Waals surface area (Å²) in [5.41, 5.74) is 7.73. The molecule has 5 nitrogen and oxygen atoms in total. The summed E-state index contributed by atoms with van der Waals surface area (Å²) in [6, 6.07) is 3.71. The van der Waals surface area contributed by atoms with Crippen LogP contribution in [0.25, 0.3) is 0 Å². The molecule has 16 heavy (non-hydrogen) atoms.